The quantitative estimate of drug-likeness (QED) is 0.824. The van der Waals surface area contributed by atoms with E-state index in [9.17, 15) is 26.3 Å². The van der Waals surface area contributed by atoms with E-state index in [1.807, 2.05) is 0 Å². The molecule has 0 heterocycles. The summed E-state index contributed by atoms with van der Waals surface area (Å²) in [5.41, 5.74) is 3.61. The number of aliphatic hydroxyl groups is 1. The second kappa shape index (κ2) is 5.18. The molecule has 0 aromatic heterocycles. The van der Waals surface area contributed by atoms with E-state index in [1.165, 1.54) is 0 Å². The Hall–Kier alpha value is -0.990. The fourth-order valence-electron chi connectivity index (χ4n) is 1.35. The van der Waals surface area contributed by atoms with Crippen LogP contribution in [0.15, 0.2) is 18.2 Å². The van der Waals surface area contributed by atoms with E-state index in [0.717, 1.165) is 6.07 Å². The molecule has 1 aromatic carbocycles. The third-order valence-electron chi connectivity index (χ3n) is 2.36. The number of hydrogen-bond donors (Lipinski definition) is 2. The van der Waals surface area contributed by atoms with E-state index in [2.05, 4.69) is 0 Å². The molecule has 1 aromatic rings. The molecule has 0 amide bonds. The van der Waals surface area contributed by atoms with Gasteiger partial charge in [0.25, 0.3) is 0 Å². The number of rotatable bonds is 2. The molecule has 0 aliphatic rings. The molecule has 3 N–H and O–H groups in total. The van der Waals surface area contributed by atoms with Crippen LogP contribution in [0, 0.1) is 0 Å². The van der Waals surface area contributed by atoms with E-state index < -0.39 is 35.1 Å². The van der Waals surface area contributed by atoms with Gasteiger partial charge in [-0.2, -0.15) is 26.3 Å². The van der Waals surface area contributed by atoms with Crippen molar-refractivity contribution in [1.29, 1.82) is 0 Å². The lowest BCUT2D eigenvalue weighted by Crippen LogP contribution is -2.38. The van der Waals surface area contributed by atoms with Gasteiger partial charge in [-0.25, -0.2) is 0 Å². The molecule has 0 aliphatic heterocycles. The highest BCUT2D eigenvalue weighted by Gasteiger charge is 2.43. The minimum atomic E-state index is -4.98. The molecule has 108 valence electrons. The van der Waals surface area contributed by atoms with E-state index in [0.29, 0.717) is 12.1 Å². The van der Waals surface area contributed by atoms with Crippen molar-refractivity contribution >= 4 is 11.6 Å². The van der Waals surface area contributed by atoms with Crippen LogP contribution in [0.1, 0.15) is 17.2 Å². The van der Waals surface area contributed by atoms with Crippen LogP contribution in [0.2, 0.25) is 5.02 Å². The lowest BCUT2D eigenvalue weighted by atomic mass is 10.0. The first kappa shape index (κ1) is 16.1. The van der Waals surface area contributed by atoms with Gasteiger partial charge < -0.3 is 10.8 Å². The average molecular weight is 308 g/mol. The van der Waals surface area contributed by atoms with Crippen LogP contribution in [0.25, 0.3) is 0 Å². The van der Waals surface area contributed by atoms with Crippen molar-refractivity contribution in [2.75, 3.05) is 0 Å². The fraction of sp³-hybridized carbons (Fsp3) is 0.400. The predicted molar refractivity (Wildman–Crippen MR) is 55.4 cm³/mol. The lowest BCUT2D eigenvalue weighted by Gasteiger charge is -2.22. The van der Waals surface area contributed by atoms with Crippen molar-refractivity contribution in [3.8, 4) is 0 Å². The Balaban J connectivity index is 3.08. The third-order valence-corrected chi connectivity index (χ3v) is 2.67. The van der Waals surface area contributed by atoms with Gasteiger partial charge in [0.05, 0.1) is 16.6 Å². The average Bonchev–Trinajstić information content (AvgIpc) is 2.23. The molecular weight excluding hydrogens is 300 g/mol. The molecular formula is C10H8ClF6NO. The van der Waals surface area contributed by atoms with Gasteiger partial charge in [-0.15, -0.1) is 0 Å². The van der Waals surface area contributed by atoms with Crippen LogP contribution >= 0.6 is 11.6 Å². The highest BCUT2D eigenvalue weighted by molar-refractivity contribution is 6.31. The Kier molecular flexibility index (Phi) is 4.38. The Bertz CT molecular complexity index is 458. The van der Waals surface area contributed by atoms with Crippen molar-refractivity contribution < 1.29 is 31.4 Å². The second-order valence-electron chi connectivity index (χ2n) is 3.75. The van der Waals surface area contributed by atoms with Crippen LogP contribution in [0.3, 0.4) is 0 Å². The van der Waals surface area contributed by atoms with E-state index in [4.69, 9.17) is 22.4 Å². The highest BCUT2D eigenvalue weighted by atomic mass is 35.5. The molecule has 2 nitrogen and oxygen atoms in total. The molecule has 0 bridgehead atoms. The molecule has 19 heavy (non-hydrogen) atoms. The predicted octanol–water partition coefficient (Wildman–Crippen LogP) is 3.28. The Morgan fingerprint density at radius 1 is 1.11 bits per heavy atom. The summed E-state index contributed by atoms with van der Waals surface area (Å²) in [4.78, 5) is 0. The van der Waals surface area contributed by atoms with Crippen molar-refractivity contribution in [3.05, 3.63) is 34.3 Å². The SMILES string of the molecule is N[C@H](c1ccc(C(F)(F)F)c(Cl)c1)[C@@H](O)C(F)(F)F. The molecule has 1 rings (SSSR count). The Morgan fingerprint density at radius 3 is 2.00 bits per heavy atom. The maximum Gasteiger partial charge on any atom is 0.417 e. The third kappa shape index (κ3) is 3.74. The zero-order valence-corrected chi connectivity index (χ0v) is 9.81. The van der Waals surface area contributed by atoms with E-state index in [1.54, 1.807) is 0 Å². The fourth-order valence-corrected chi connectivity index (χ4v) is 1.65. The van der Waals surface area contributed by atoms with Gasteiger partial charge in [-0.05, 0) is 17.7 Å². The van der Waals surface area contributed by atoms with Gasteiger partial charge in [0.15, 0.2) is 6.10 Å². The van der Waals surface area contributed by atoms with E-state index in [-0.39, 0.29) is 5.56 Å². The Labute approximate surface area is 108 Å². The van der Waals surface area contributed by atoms with Gasteiger partial charge in [0.1, 0.15) is 0 Å². The summed E-state index contributed by atoms with van der Waals surface area (Å²) in [5, 5.41) is 8.13. The molecule has 0 saturated heterocycles. The van der Waals surface area contributed by atoms with Gasteiger partial charge in [-0.1, -0.05) is 17.7 Å². The van der Waals surface area contributed by atoms with Crippen LogP contribution in [0.5, 0.6) is 0 Å². The van der Waals surface area contributed by atoms with Crippen LogP contribution < -0.4 is 5.73 Å². The molecule has 2 atom stereocenters. The molecule has 0 fully saturated rings. The number of aliphatic hydroxyl groups excluding tert-OH is 1. The summed E-state index contributed by atoms with van der Waals surface area (Å²) in [6.07, 6.45) is -12.6. The first-order valence-corrected chi connectivity index (χ1v) is 5.19. The zero-order valence-electron chi connectivity index (χ0n) is 9.06. The highest BCUT2D eigenvalue weighted by Crippen LogP contribution is 2.37. The first-order valence-electron chi connectivity index (χ1n) is 4.81. The largest absolute Gasteiger partial charge is 0.417 e. The van der Waals surface area contributed by atoms with E-state index >= 15 is 0 Å². The summed E-state index contributed by atoms with van der Waals surface area (Å²) in [5.74, 6) is 0. The van der Waals surface area contributed by atoms with Crippen molar-refractivity contribution in [3.63, 3.8) is 0 Å². The van der Waals surface area contributed by atoms with Crippen molar-refractivity contribution in [2.45, 2.75) is 24.5 Å². The first-order chi connectivity index (χ1) is 8.44. The number of nitrogens with two attached hydrogens (primary N) is 1. The second-order valence-corrected chi connectivity index (χ2v) is 4.16. The molecule has 0 aliphatic carbocycles. The van der Waals surface area contributed by atoms with Crippen LogP contribution in [-0.2, 0) is 6.18 Å². The number of alkyl halides is 6. The lowest BCUT2D eigenvalue weighted by molar-refractivity contribution is -0.210. The van der Waals surface area contributed by atoms with Crippen molar-refractivity contribution in [2.24, 2.45) is 5.73 Å². The molecule has 0 unspecified atom stereocenters. The van der Waals surface area contributed by atoms with Gasteiger partial charge in [-0.3, -0.25) is 0 Å². The van der Waals surface area contributed by atoms with Crippen LogP contribution in [-0.4, -0.2) is 17.4 Å². The standard InChI is InChI=1S/C10H8ClF6NO/c11-6-3-4(1-2-5(6)9(12,13)14)7(18)8(19)10(15,16)17/h1-3,7-8,19H,18H2/t7-,8-/m1/s1. The van der Waals surface area contributed by atoms with Gasteiger partial charge in [0, 0.05) is 0 Å². The molecule has 9 heteroatoms. The molecule has 0 spiro atoms. The maximum absolute atomic E-state index is 12.4. The summed E-state index contributed by atoms with van der Waals surface area (Å²) < 4.78 is 73.8. The minimum absolute atomic E-state index is 0.345. The molecule has 0 saturated carbocycles. The summed E-state index contributed by atoms with van der Waals surface area (Å²) in [7, 11) is 0. The maximum atomic E-state index is 12.4. The monoisotopic (exact) mass is 307 g/mol. The molecule has 0 radical (unpaired) electrons. The topological polar surface area (TPSA) is 46.2 Å². The zero-order chi connectivity index (χ0) is 15.0. The smallest absolute Gasteiger partial charge is 0.382 e. The van der Waals surface area contributed by atoms with Gasteiger partial charge >= 0.3 is 12.4 Å². The number of hydrogen-bond acceptors (Lipinski definition) is 2. The normalized spacial score (nSPS) is 16.3. The minimum Gasteiger partial charge on any atom is -0.382 e. The Morgan fingerprint density at radius 2 is 1.63 bits per heavy atom. The summed E-state index contributed by atoms with van der Waals surface area (Å²) >= 11 is 5.34. The number of benzene rings is 1. The number of halogens is 7. The summed E-state index contributed by atoms with van der Waals surface area (Å²) in [6.45, 7) is 0. The van der Waals surface area contributed by atoms with Crippen LogP contribution in [0.4, 0.5) is 26.3 Å². The van der Waals surface area contributed by atoms with Crippen molar-refractivity contribution in [1.82, 2.24) is 0 Å². The summed E-state index contributed by atoms with van der Waals surface area (Å²) in [6, 6.07) is -0.00124. The van der Waals surface area contributed by atoms with Gasteiger partial charge in [0.2, 0.25) is 0 Å².